The Balaban J connectivity index is 1.89. The molecular weight excluding hydrogens is 347 g/mol. The second kappa shape index (κ2) is 8.48. The van der Waals surface area contributed by atoms with E-state index in [0.717, 1.165) is 6.07 Å². The van der Waals surface area contributed by atoms with Crippen LogP contribution in [0.3, 0.4) is 0 Å². The Morgan fingerprint density at radius 2 is 1.84 bits per heavy atom. The van der Waals surface area contributed by atoms with Gasteiger partial charge in [-0.25, -0.2) is 4.39 Å². The zero-order valence-electron chi connectivity index (χ0n) is 13.8. The van der Waals surface area contributed by atoms with E-state index in [4.69, 9.17) is 16.3 Å². The first kappa shape index (κ1) is 18.7. The number of benzene rings is 2. The summed E-state index contributed by atoms with van der Waals surface area (Å²) in [7, 11) is 0. The molecule has 2 aromatic carbocycles. The number of carbonyl (C=O) groups excluding carboxylic acids is 2. The molecule has 0 radical (unpaired) electrons. The fourth-order valence-corrected chi connectivity index (χ4v) is 2.31. The van der Waals surface area contributed by atoms with Crippen molar-refractivity contribution < 1.29 is 18.7 Å². The minimum absolute atomic E-state index is 0.0151. The van der Waals surface area contributed by atoms with Crippen molar-refractivity contribution in [3.8, 4) is 5.75 Å². The van der Waals surface area contributed by atoms with Gasteiger partial charge in [0.15, 0.2) is 0 Å². The molecule has 0 aliphatic carbocycles. The van der Waals surface area contributed by atoms with Crippen LogP contribution in [0.15, 0.2) is 42.5 Å². The largest absolute Gasteiger partial charge is 0.491 e. The third-order valence-electron chi connectivity index (χ3n) is 3.11. The first-order valence-corrected chi connectivity index (χ1v) is 8.03. The van der Waals surface area contributed by atoms with E-state index in [1.54, 1.807) is 24.3 Å². The van der Waals surface area contributed by atoms with Crippen molar-refractivity contribution in [2.75, 3.05) is 11.9 Å². The predicted molar refractivity (Wildman–Crippen MR) is 94.6 cm³/mol. The van der Waals surface area contributed by atoms with E-state index >= 15 is 0 Å². The van der Waals surface area contributed by atoms with Crippen LogP contribution < -0.4 is 15.4 Å². The van der Waals surface area contributed by atoms with Crippen molar-refractivity contribution in [1.29, 1.82) is 0 Å². The number of anilines is 1. The van der Waals surface area contributed by atoms with Gasteiger partial charge in [0.25, 0.3) is 5.91 Å². The van der Waals surface area contributed by atoms with E-state index in [0.29, 0.717) is 11.4 Å². The zero-order valence-corrected chi connectivity index (χ0v) is 14.6. The molecule has 0 spiro atoms. The fourth-order valence-electron chi connectivity index (χ4n) is 2.06. The van der Waals surface area contributed by atoms with Crippen LogP contribution >= 0.6 is 11.6 Å². The normalized spacial score (nSPS) is 10.4. The summed E-state index contributed by atoms with van der Waals surface area (Å²) in [5, 5.41) is 4.95. The maximum atomic E-state index is 13.6. The van der Waals surface area contributed by atoms with Crippen molar-refractivity contribution >= 4 is 29.1 Å². The first-order chi connectivity index (χ1) is 11.9. The summed E-state index contributed by atoms with van der Waals surface area (Å²) in [6, 6.07) is 10.8. The quantitative estimate of drug-likeness (QED) is 0.822. The molecule has 2 aromatic rings. The molecule has 2 rings (SSSR count). The third kappa shape index (κ3) is 5.46. The maximum absolute atomic E-state index is 13.6. The number of nitrogens with one attached hydrogen (secondary N) is 2. The Labute approximate surface area is 150 Å². The van der Waals surface area contributed by atoms with Crippen molar-refractivity contribution in [3.05, 3.63) is 58.9 Å². The molecule has 2 N–H and O–H groups in total. The van der Waals surface area contributed by atoms with Crippen molar-refractivity contribution in [3.63, 3.8) is 0 Å². The lowest BCUT2D eigenvalue weighted by molar-refractivity contribution is -0.115. The summed E-state index contributed by atoms with van der Waals surface area (Å²) >= 11 is 5.81. The summed E-state index contributed by atoms with van der Waals surface area (Å²) in [5.74, 6) is -1.25. The summed E-state index contributed by atoms with van der Waals surface area (Å²) in [5.41, 5.74) is 0.270. The van der Waals surface area contributed by atoms with Gasteiger partial charge in [-0.2, -0.15) is 0 Å². The fraction of sp³-hybridized carbons (Fsp3) is 0.222. The van der Waals surface area contributed by atoms with Crippen LogP contribution in [-0.4, -0.2) is 24.5 Å². The molecule has 0 saturated heterocycles. The molecule has 0 atom stereocenters. The Morgan fingerprint density at radius 3 is 2.44 bits per heavy atom. The second-order valence-corrected chi connectivity index (χ2v) is 5.93. The van der Waals surface area contributed by atoms with Gasteiger partial charge in [-0.3, -0.25) is 9.59 Å². The van der Waals surface area contributed by atoms with Gasteiger partial charge in [0.1, 0.15) is 11.6 Å². The summed E-state index contributed by atoms with van der Waals surface area (Å²) in [6.45, 7) is 3.52. The number of halogens is 2. The van der Waals surface area contributed by atoms with Gasteiger partial charge in [0, 0.05) is 5.69 Å². The van der Waals surface area contributed by atoms with E-state index in [1.807, 2.05) is 13.8 Å². The van der Waals surface area contributed by atoms with Gasteiger partial charge in [0.05, 0.1) is 23.2 Å². The van der Waals surface area contributed by atoms with Crippen molar-refractivity contribution in [1.82, 2.24) is 5.32 Å². The summed E-state index contributed by atoms with van der Waals surface area (Å²) in [6.07, 6.45) is 0.0564. The molecular formula is C18H18ClFN2O3. The van der Waals surface area contributed by atoms with Gasteiger partial charge >= 0.3 is 0 Å². The molecule has 0 heterocycles. The Kier molecular flexibility index (Phi) is 6.36. The molecule has 0 bridgehead atoms. The van der Waals surface area contributed by atoms with E-state index < -0.39 is 17.6 Å². The predicted octanol–water partition coefficient (Wildman–Crippen LogP) is 3.63. The number of hydrogen-bond donors (Lipinski definition) is 2. The lowest BCUT2D eigenvalue weighted by atomic mass is 10.2. The summed E-state index contributed by atoms with van der Waals surface area (Å²) in [4.78, 5) is 23.9. The minimum Gasteiger partial charge on any atom is -0.491 e. The average molecular weight is 365 g/mol. The third-order valence-corrected chi connectivity index (χ3v) is 3.42. The number of rotatable bonds is 6. The highest BCUT2D eigenvalue weighted by molar-refractivity contribution is 6.33. The van der Waals surface area contributed by atoms with Gasteiger partial charge in [-0.15, -0.1) is 0 Å². The highest BCUT2D eigenvalue weighted by Gasteiger charge is 2.16. The Hall–Kier alpha value is -2.60. The molecule has 5 nitrogen and oxygen atoms in total. The van der Waals surface area contributed by atoms with Crippen molar-refractivity contribution in [2.24, 2.45) is 0 Å². The molecule has 0 saturated carbocycles. The Bertz CT molecular complexity index is 743. The topological polar surface area (TPSA) is 67.4 Å². The molecule has 0 aliphatic heterocycles. The standard InChI is InChI=1S/C18H18ClFN2O3/c1-11(2)25-13-8-6-12(7-9-13)22-16(23)10-21-18(24)17-14(19)4-3-5-15(17)20/h3-9,11H,10H2,1-2H3,(H,21,24)(H,22,23). The van der Waals surface area contributed by atoms with Crippen LogP contribution in [0.5, 0.6) is 5.75 Å². The van der Waals surface area contributed by atoms with E-state index in [-0.39, 0.29) is 23.2 Å². The van der Waals surface area contributed by atoms with Gasteiger partial charge in [0.2, 0.25) is 5.91 Å². The van der Waals surface area contributed by atoms with Crippen molar-refractivity contribution in [2.45, 2.75) is 20.0 Å². The van der Waals surface area contributed by atoms with E-state index in [9.17, 15) is 14.0 Å². The SMILES string of the molecule is CC(C)Oc1ccc(NC(=O)CNC(=O)c2c(F)cccc2Cl)cc1. The molecule has 2 amide bonds. The molecule has 132 valence electrons. The van der Waals surface area contributed by atoms with Gasteiger partial charge in [-0.1, -0.05) is 17.7 Å². The van der Waals surface area contributed by atoms with Crippen LogP contribution in [0.4, 0.5) is 10.1 Å². The van der Waals surface area contributed by atoms with Crippen LogP contribution in [0, 0.1) is 5.82 Å². The average Bonchev–Trinajstić information content (AvgIpc) is 2.54. The van der Waals surface area contributed by atoms with Gasteiger partial charge < -0.3 is 15.4 Å². The highest BCUT2D eigenvalue weighted by Crippen LogP contribution is 2.19. The number of hydrogen-bond acceptors (Lipinski definition) is 3. The number of amides is 2. The lowest BCUT2D eigenvalue weighted by Gasteiger charge is -2.11. The molecule has 0 fully saturated rings. The highest BCUT2D eigenvalue weighted by atomic mass is 35.5. The minimum atomic E-state index is -0.751. The maximum Gasteiger partial charge on any atom is 0.256 e. The van der Waals surface area contributed by atoms with Gasteiger partial charge in [-0.05, 0) is 50.2 Å². The lowest BCUT2D eigenvalue weighted by Crippen LogP contribution is -2.33. The number of ether oxygens (including phenoxy) is 1. The van der Waals surface area contributed by atoms with E-state index in [2.05, 4.69) is 10.6 Å². The first-order valence-electron chi connectivity index (χ1n) is 7.65. The summed E-state index contributed by atoms with van der Waals surface area (Å²) < 4.78 is 19.1. The number of carbonyl (C=O) groups is 2. The van der Waals surface area contributed by atoms with Crippen LogP contribution in [0.25, 0.3) is 0 Å². The smallest absolute Gasteiger partial charge is 0.256 e. The Morgan fingerprint density at radius 1 is 1.16 bits per heavy atom. The van der Waals surface area contributed by atoms with Crippen LogP contribution in [-0.2, 0) is 4.79 Å². The zero-order chi connectivity index (χ0) is 18.4. The van der Waals surface area contributed by atoms with E-state index in [1.165, 1.54) is 12.1 Å². The monoisotopic (exact) mass is 364 g/mol. The second-order valence-electron chi connectivity index (χ2n) is 5.52. The molecule has 0 aliphatic rings. The van der Waals surface area contributed by atoms with Crippen LogP contribution in [0.2, 0.25) is 5.02 Å². The molecule has 0 aromatic heterocycles. The molecule has 7 heteroatoms. The molecule has 25 heavy (non-hydrogen) atoms. The van der Waals surface area contributed by atoms with Crippen LogP contribution in [0.1, 0.15) is 24.2 Å². The molecule has 0 unspecified atom stereocenters.